The summed E-state index contributed by atoms with van der Waals surface area (Å²) in [5.41, 5.74) is 5.56. The zero-order valence-corrected chi connectivity index (χ0v) is 20.8. The van der Waals surface area contributed by atoms with E-state index in [0.29, 0.717) is 0 Å². The average molecular weight is 463 g/mol. The van der Waals surface area contributed by atoms with Crippen LogP contribution in [0.3, 0.4) is 0 Å². The van der Waals surface area contributed by atoms with E-state index in [1.54, 1.807) is 0 Å². The molecule has 0 radical (unpaired) electrons. The molecule has 4 rings (SSSR count). The highest BCUT2D eigenvalue weighted by Crippen LogP contribution is 2.14. The zero-order chi connectivity index (χ0) is 24.0. The minimum atomic E-state index is 1.00. The van der Waals surface area contributed by atoms with E-state index in [1.165, 1.54) is 41.5 Å². The minimum absolute atomic E-state index is 1.00. The van der Waals surface area contributed by atoms with Gasteiger partial charge in [0.25, 0.3) is 0 Å². The summed E-state index contributed by atoms with van der Waals surface area (Å²) in [6, 6.07) is 43.5. The van der Waals surface area contributed by atoms with Crippen LogP contribution >= 0.6 is 0 Å². The van der Waals surface area contributed by atoms with E-state index in [-0.39, 0.29) is 0 Å². The Morgan fingerprint density at radius 3 is 0.829 bits per heavy atom. The predicted molar refractivity (Wildman–Crippen MR) is 148 cm³/mol. The summed E-state index contributed by atoms with van der Waals surface area (Å²) in [6.45, 7) is 6.27. The van der Waals surface area contributed by atoms with Gasteiger partial charge in [-0.05, 0) is 48.2 Å². The lowest BCUT2D eigenvalue weighted by molar-refractivity contribution is 0.233. The predicted octanol–water partition coefficient (Wildman–Crippen LogP) is 7.56. The summed E-state index contributed by atoms with van der Waals surface area (Å²) in [7, 11) is 0. The lowest BCUT2D eigenvalue weighted by Gasteiger charge is -2.24. The van der Waals surface area contributed by atoms with Gasteiger partial charge < -0.3 is 0 Å². The fraction of sp³-hybridized carbons (Fsp3) is 0.273. The molecule has 4 aromatic carbocycles. The van der Waals surface area contributed by atoms with Gasteiger partial charge in [0.2, 0.25) is 0 Å². The molecule has 0 aliphatic heterocycles. The third-order valence-electron chi connectivity index (χ3n) is 6.44. The molecule has 2 heteroatoms. The Bertz CT molecular complexity index is 893. The molecule has 0 unspecified atom stereocenters. The highest BCUT2D eigenvalue weighted by atomic mass is 15.1. The van der Waals surface area contributed by atoms with Gasteiger partial charge in [0, 0.05) is 26.2 Å². The fourth-order valence-electron chi connectivity index (χ4n) is 4.64. The van der Waals surface area contributed by atoms with Crippen LogP contribution in [0.1, 0.15) is 41.5 Å². The summed E-state index contributed by atoms with van der Waals surface area (Å²) < 4.78 is 0. The van der Waals surface area contributed by atoms with E-state index in [2.05, 4.69) is 131 Å². The number of nitrogens with zero attached hydrogens (tertiary/aromatic N) is 2. The molecule has 180 valence electrons. The maximum absolute atomic E-state index is 2.59. The molecular weight excluding hydrogens is 424 g/mol. The van der Waals surface area contributed by atoms with Crippen LogP contribution < -0.4 is 0 Å². The number of unbranched alkanes of at least 4 members (excludes halogenated alkanes) is 2. The lowest BCUT2D eigenvalue weighted by Crippen LogP contribution is -2.25. The largest absolute Gasteiger partial charge is 0.295 e. The lowest BCUT2D eigenvalue weighted by atomic mass is 10.1. The molecule has 0 N–H and O–H groups in total. The molecule has 0 aliphatic rings. The van der Waals surface area contributed by atoms with E-state index in [0.717, 1.165) is 39.3 Å². The van der Waals surface area contributed by atoms with E-state index < -0.39 is 0 Å². The first-order chi connectivity index (χ1) is 17.3. The molecule has 35 heavy (non-hydrogen) atoms. The van der Waals surface area contributed by atoms with Crippen LogP contribution in [0, 0.1) is 0 Å². The summed E-state index contributed by atoms with van der Waals surface area (Å²) in [4.78, 5) is 5.19. The fourth-order valence-corrected chi connectivity index (χ4v) is 4.64. The second-order valence-corrected chi connectivity index (χ2v) is 9.42. The minimum Gasteiger partial charge on any atom is -0.295 e. The number of rotatable bonds is 14. The van der Waals surface area contributed by atoms with Crippen molar-refractivity contribution >= 4 is 0 Å². The quantitative estimate of drug-likeness (QED) is 0.178. The topological polar surface area (TPSA) is 6.48 Å². The van der Waals surface area contributed by atoms with Crippen LogP contribution in [0.5, 0.6) is 0 Å². The number of hydrogen-bond acceptors (Lipinski definition) is 2. The molecule has 0 atom stereocenters. The Morgan fingerprint density at radius 1 is 0.314 bits per heavy atom. The molecule has 2 nitrogen and oxygen atoms in total. The summed E-state index contributed by atoms with van der Waals surface area (Å²) in [6.07, 6.45) is 3.70. The van der Waals surface area contributed by atoms with Crippen molar-refractivity contribution < 1.29 is 0 Å². The first-order valence-electron chi connectivity index (χ1n) is 13.0. The summed E-state index contributed by atoms with van der Waals surface area (Å²) >= 11 is 0. The van der Waals surface area contributed by atoms with Crippen LogP contribution in [0.15, 0.2) is 121 Å². The Kier molecular flexibility index (Phi) is 10.1. The van der Waals surface area contributed by atoms with Gasteiger partial charge in [0.05, 0.1) is 0 Å². The Balaban J connectivity index is 1.28. The summed E-state index contributed by atoms with van der Waals surface area (Å²) in [5.74, 6) is 0. The first kappa shape index (κ1) is 24.9. The van der Waals surface area contributed by atoms with Gasteiger partial charge in [-0.25, -0.2) is 0 Å². The van der Waals surface area contributed by atoms with Gasteiger partial charge in [-0.1, -0.05) is 128 Å². The Labute approximate surface area is 211 Å². The van der Waals surface area contributed by atoms with E-state index in [4.69, 9.17) is 0 Å². The third kappa shape index (κ3) is 9.16. The monoisotopic (exact) mass is 462 g/mol. The second-order valence-electron chi connectivity index (χ2n) is 9.42. The van der Waals surface area contributed by atoms with Crippen molar-refractivity contribution in [3.05, 3.63) is 144 Å². The standard InChI is InChI=1S/C33H38N2/c1-6-16-30(17-7-1)26-34(27-31-18-8-2-9-19-31)24-14-5-15-25-35(28-32-20-10-3-11-21-32)29-33-22-12-4-13-23-33/h1-4,6-13,16-23H,5,14-15,24-29H2. The van der Waals surface area contributed by atoms with E-state index in [9.17, 15) is 0 Å². The molecule has 0 fully saturated rings. The van der Waals surface area contributed by atoms with E-state index in [1.807, 2.05) is 0 Å². The van der Waals surface area contributed by atoms with Gasteiger partial charge in [-0.3, -0.25) is 9.80 Å². The van der Waals surface area contributed by atoms with Crippen molar-refractivity contribution in [2.75, 3.05) is 13.1 Å². The smallest absolute Gasteiger partial charge is 0.0237 e. The normalized spacial score (nSPS) is 11.3. The molecule has 0 spiro atoms. The Hall–Kier alpha value is -3.20. The summed E-state index contributed by atoms with van der Waals surface area (Å²) in [5, 5.41) is 0. The zero-order valence-electron chi connectivity index (χ0n) is 20.8. The van der Waals surface area contributed by atoms with Crippen LogP contribution in [0.4, 0.5) is 0 Å². The van der Waals surface area contributed by atoms with Gasteiger partial charge >= 0.3 is 0 Å². The molecule has 0 saturated carbocycles. The highest BCUT2D eigenvalue weighted by Gasteiger charge is 2.09. The second kappa shape index (κ2) is 14.3. The van der Waals surface area contributed by atoms with Crippen molar-refractivity contribution in [1.82, 2.24) is 9.80 Å². The van der Waals surface area contributed by atoms with Crippen LogP contribution in [0.25, 0.3) is 0 Å². The van der Waals surface area contributed by atoms with Crippen LogP contribution in [-0.2, 0) is 26.2 Å². The third-order valence-corrected chi connectivity index (χ3v) is 6.44. The first-order valence-corrected chi connectivity index (χ1v) is 13.0. The number of benzene rings is 4. The van der Waals surface area contributed by atoms with Crippen LogP contribution in [0.2, 0.25) is 0 Å². The van der Waals surface area contributed by atoms with Crippen molar-refractivity contribution in [2.45, 2.75) is 45.4 Å². The maximum atomic E-state index is 2.59. The molecule has 0 saturated heterocycles. The van der Waals surface area contributed by atoms with Crippen molar-refractivity contribution in [3.8, 4) is 0 Å². The molecule has 0 bridgehead atoms. The number of hydrogen-bond donors (Lipinski definition) is 0. The van der Waals surface area contributed by atoms with Gasteiger partial charge in [0.1, 0.15) is 0 Å². The maximum Gasteiger partial charge on any atom is 0.0237 e. The molecule has 0 heterocycles. The molecule has 0 aromatic heterocycles. The van der Waals surface area contributed by atoms with Crippen molar-refractivity contribution in [3.63, 3.8) is 0 Å². The average Bonchev–Trinajstić information content (AvgIpc) is 2.91. The van der Waals surface area contributed by atoms with Crippen molar-refractivity contribution in [2.24, 2.45) is 0 Å². The van der Waals surface area contributed by atoms with E-state index >= 15 is 0 Å². The molecule has 0 aliphatic carbocycles. The van der Waals surface area contributed by atoms with Gasteiger partial charge in [-0.15, -0.1) is 0 Å². The van der Waals surface area contributed by atoms with Crippen LogP contribution in [-0.4, -0.2) is 22.9 Å². The highest BCUT2D eigenvalue weighted by molar-refractivity contribution is 5.18. The SMILES string of the molecule is c1ccc(CN(CCCCCN(Cc2ccccc2)Cc2ccccc2)Cc2ccccc2)cc1. The van der Waals surface area contributed by atoms with Gasteiger partial charge in [-0.2, -0.15) is 0 Å². The molecule has 4 aromatic rings. The molecule has 0 amide bonds. The van der Waals surface area contributed by atoms with Gasteiger partial charge in [0.15, 0.2) is 0 Å². The Morgan fingerprint density at radius 2 is 0.571 bits per heavy atom. The van der Waals surface area contributed by atoms with Crippen molar-refractivity contribution in [1.29, 1.82) is 0 Å². The molecular formula is C33H38N2.